The van der Waals surface area contributed by atoms with Crippen LogP contribution in [-0.2, 0) is 13.0 Å². The maximum Gasteiger partial charge on any atom is 0.237 e. The number of nitrogens with one attached hydrogen (secondary N) is 1. The highest BCUT2D eigenvalue weighted by molar-refractivity contribution is 7.15. The molecule has 1 unspecified atom stereocenters. The Morgan fingerprint density at radius 2 is 2.52 bits per heavy atom. The van der Waals surface area contributed by atoms with Crippen molar-refractivity contribution in [1.29, 1.82) is 0 Å². The van der Waals surface area contributed by atoms with Gasteiger partial charge >= 0.3 is 0 Å². The average Bonchev–Trinajstić information content (AvgIpc) is 3.20. The lowest BCUT2D eigenvalue weighted by Crippen LogP contribution is -2.24. The van der Waals surface area contributed by atoms with Crippen molar-refractivity contribution in [1.82, 2.24) is 14.7 Å². The Balaban J connectivity index is 1.58. The van der Waals surface area contributed by atoms with E-state index in [9.17, 15) is 0 Å². The summed E-state index contributed by atoms with van der Waals surface area (Å²) in [7, 11) is 1.67. The van der Waals surface area contributed by atoms with E-state index >= 15 is 0 Å². The van der Waals surface area contributed by atoms with Gasteiger partial charge in [-0.05, 0) is 18.9 Å². The molecule has 1 aliphatic carbocycles. The molecule has 0 fully saturated rings. The first-order chi connectivity index (χ1) is 10.4. The van der Waals surface area contributed by atoms with E-state index in [4.69, 9.17) is 9.15 Å². The minimum atomic E-state index is 0.349. The van der Waals surface area contributed by atoms with E-state index in [2.05, 4.69) is 20.8 Å². The molecule has 1 atom stereocenters. The number of aromatic nitrogens is 2. The zero-order valence-electron chi connectivity index (χ0n) is 11.8. The summed E-state index contributed by atoms with van der Waals surface area (Å²) in [6, 6.07) is 2.43. The van der Waals surface area contributed by atoms with E-state index in [1.165, 1.54) is 5.56 Å². The van der Waals surface area contributed by atoms with Crippen molar-refractivity contribution in [3.8, 4) is 5.88 Å². The molecule has 0 saturated heterocycles. The van der Waals surface area contributed by atoms with Crippen LogP contribution in [0.2, 0.25) is 0 Å². The van der Waals surface area contributed by atoms with Gasteiger partial charge in [-0.2, -0.15) is 4.98 Å². The van der Waals surface area contributed by atoms with E-state index in [0.717, 1.165) is 42.2 Å². The topological polar surface area (TPSA) is 51.7 Å². The van der Waals surface area contributed by atoms with Gasteiger partial charge in [0.15, 0.2) is 4.96 Å². The quantitative estimate of drug-likeness (QED) is 0.804. The van der Waals surface area contributed by atoms with E-state index in [0.29, 0.717) is 11.9 Å². The second-order valence-electron chi connectivity index (χ2n) is 5.25. The van der Waals surface area contributed by atoms with Gasteiger partial charge < -0.3 is 14.5 Å². The van der Waals surface area contributed by atoms with Gasteiger partial charge in [-0.1, -0.05) is 0 Å². The van der Waals surface area contributed by atoms with Gasteiger partial charge in [0.2, 0.25) is 5.88 Å². The zero-order valence-corrected chi connectivity index (χ0v) is 12.7. The summed E-state index contributed by atoms with van der Waals surface area (Å²) in [6.07, 6.45) is 7.18. The molecule has 3 aromatic heterocycles. The van der Waals surface area contributed by atoms with Crippen molar-refractivity contribution in [2.45, 2.75) is 31.8 Å². The molecule has 21 heavy (non-hydrogen) atoms. The number of imidazole rings is 1. The van der Waals surface area contributed by atoms with Crippen LogP contribution in [0.25, 0.3) is 4.96 Å². The SMILES string of the molecule is COc1nc2sccn2c1CNC1CCCc2occc21. The third kappa shape index (κ3) is 2.15. The number of hydrogen-bond donors (Lipinski definition) is 1. The van der Waals surface area contributed by atoms with Crippen LogP contribution in [0.5, 0.6) is 5.88 Å². The fourth-order valence-corrected chi connectivity index (χ4v) is 3.78. The van der Waals surface area contributed by atoms with Crippen molar-refractivity contribution in [2.75, 3.05) is 7.11 Å². The molecule has 0 amide bonds. The van der Waals surface area contributed by atoms with E-state index in [1.54, 1.807) is 24.7 Å². The first kappa shape index (κ1) is 12.9. The largest absolute Gasteiger partial charge is 0.480 e. The van der Waals surface area contributed by atoms with Crippen LogP contribution < -0.4 is 10.1 Å². The van der Waals surface area contributed by atoms with Gasteiger partial charge in [0.05, 0.1) is 13.4 Å². The molecular weight excluding hydrogens is 286 g/mol. The van der Waals surface area contributed by atoms with Gasteiger partial charge in [-0.3, -0.25) is 4.40 Å². The fraction of sp³-hybridized carbons (Fsp3) is 0.400. The molecule has 0 saturated carbocycles. The minimum Gasteiger partial charge on any atom is -0.480 e. The Morgan fingerprint density at radius 3 is 3.43 bits per heavy atom. The van der Waals surface area contributed by atoms with Crippen LogP contribution in [-0.4, -0.2) is 16.5 Å². The minimum absolute atomic E-state index is 0.349. The standard InChI is InChI=1S/C15H17N3O2S/c1-19-14-12(18-6-8-21-15(18)17-14)9-16-11-3-2-4-13-10(11)5-7-20-13/h5-8,11,16H,2-4,9H2,1H3. The maximum absolute atomic E-state index is 5.55. The summed E-state index contributed by atoms with van der Waals surface area (Å²) >= 11 is 1.62. The first-order valence-corrected chi connectivity index (χ1v) is 8.03. The summed E-state index contributed by atoms with van der Waals surface area (Å²) in [4.78, 5) is 5.46. The molecule has 1 N–H and O–H groups in total. The van der Waals surface area contributed by atoms with Crippen LogP contribution >= 0.6 is 11.3 Å². The molecule has 0 aliphatic heterocycles. The smallest absolute Gasteiger partial charge is 0.237 e. The highest BCUT2D eigenvalue weighted by atomic mass is 32.1. The lowest BCUT2D eigenvalue weighted by molar-refractivity contribution is 0.382. The summed E-state index contributed by atoms with van der Waals surface area (Å²) in [5.74, 6) is 1.83. The molecule has 0 aromatic carbocycles. The molecule has 0 radical (unpaired) electrons. The number of fused-ring (bicyclic) bond motifs is 2. The molecule has 1 aliphatic rings. The van der Waals surface area contributed by atoms with Crippen LogP contribution in [0.15, 0.2) is 28.3 Å². The van der Waals surface area contributed by atoms with Crippen molar-refractivity contribution >= 4 is 16.3 Å². The van der Waals surface area contributed by atoms with Gasteiger partial charge in [0.25, 0.3) is 0 Å². The monoisotopic (exact) mass is 303 g/mol. The van der Waals surface area contributed by atoms with Crippen LogP contribution in [0.1, 0.15) is 35.9 Å². The second kappa shape index (κ2) is 5.20. The Hall–Kier alpha value is -1.79. The Morgan fingerprint density at radius 1 is 1.57 bits per heavy atom. The number of methoxy groups -OCH3 is 1. The zero-order chi connectivity index (χ0) is 14.2. The maximum atomic E-state index is 5.55. The number of hydrogen-bond acceptors (Lipinski definition) is 5. The van der Waals surface area contributed by atoms with Crippen molar-refractivity contribution in [2.24, 2.45) is 0 Å². The number of aryl methyl sites for hydroxylation is 1. The second-order valence-corrected chi connectivity index (χ2v) is 6.12. The third-order valence-electron chi connectivity index (χ3n) is 4.09. The molecule has 4 rings (SSSR count). The number of rotatable bonds is 4. The summed E-state index contributed by atoms with van der Waals surface area (Å²) in [6.45, 7) is 0.732. The van der Waals surface area contributed by atoms with Crippen molar-refractivity contribution in [3.63, 3.8) is 0 Å². The average molecular weight is 303 g/mol. The van der Waals surface area contributed by atoms with Crippen molar-refractivity contribution in [3.05, 3.63) is 40.9 Å². The molecule has 6 heteroatoms. The molecule has 5 nitrogen and oxygen atoms in total. The molecule has 3 aromatic rings. The van der Waals surface area contributed by atoms with Gasteiger partial charge in [0.1, 0.15) is 11.5 Å². The number of thiazole rings is 1. The highest BCUT2D eigenvalue weighted by Crippen LogP contribution is 2.31. The van der Waals surface area contributed by atoms with E-state index < -0.39 is 0 Å². The first-order valence-electron chi connectivity index (χ1n) is 7.15. The molecule has 0 spiro atoms. The van der Waals surface area contributed by atoms with Gasteiger partial charge in [0, 0.05) is 36.1 Å². The summed E-state index contributed by atoms with van der Waals surface area (Å²) < 4.78 is 13.0. The molecule has 110 valence electrons. The number of nitrogens with zero attached hydrogens (tertiary/aromatic N) is 2. The molecular formula is C15H17N3O2S. The van der Waals surface area contributed by atoms with Crippen molar-refractivity contribution < 1.29 is 9.15 Å². The van der Waals surface area contributed by atoms with Crippen LogP contribution in [0, 0.1) is 0 Å². The Kier molecular flexibility index (Phi) is 3.20. The summed E-state index contributed by atoms with van der Waals surface area (Å²) in [5.41, 5.74) is 2.37. The lowest BCUT2D eigenvalue weighted by Gasteiger charge is -2.22. The predicted molar refractivity (Wildman–Crippen MR) is 80.8 cm³/mol. The molecule has 0 bridgehead atoms. The Labute approximate surface area is 126 Å². The van der Waals surface area contributed by atoms with Crippen LogP contribution in [0.3, 0.4) is 0 Å². The lowest BCUT2D eigenvalue weighted by atomic mass is 9.93. The summed E-state index contributed by atoms with van der Waals surface area (Å²) in [5, 5.41) is 5.67. The van der Waals surface area contributed by atoms with E-state index in [-0.39, 0.29) is 0 Å². The number of ether oxygens (including phenoxy) is 1. The Bertz CT molecular complexity index is 758. The fourth-order valence-electron chi connectivity index (χ4n) is 3.06. The number of furan rings is 1. The van der Waals surface area contributed by atoms with E-state index in [1.807, 2.05) is 11.6 Å². The molecule has 3 heterocycles. The van der Waals surface area contributed by atoms with Crippen LogP contribution in [0.4, 0.5) is 0 Å². The van der Waals surface area contributed by atoms with Gasteiger partial charge in [-0.25, -0.2) is 0 Å². The highest BCUT2D eigenvalue weighted by Gasteiger charge is 2.23. The third-order valence-corrected chi connectivity index (χ3v) is 4.84. The predicted octanol–water partition coefficient (Wildman–Crippen LogP) is 3.16. The normalized spacial score (nSPS) is 18.0. The van der Waals surface area contributed by atoms with Gasteiger partial charge in [-0.15, -0.1) is 11.3 Å².